The Bertz CT molecular complexity index is 1430. The van der Waals surface area contributed by atoms with E-state index in [1.807, 2.05) is 25.1 Å². The van der Waals surface area contributed by atoms with Crippen molar-refractivity contribution in [2.75, 3.05) is 6.54 Å². The SMILES string of the molecule is C=C1OCc2c(cc3n(c2=O)Cc2c-3nc3ccccc3c2CCN(C(C)C)C(C)(C)C)[C@@]1(O)CC. The molecule has 0 unspecified atom stereocenters. The Balaban J connectivity index is 1.69. The summed E-state index contributed by atoms with van der Waals surface area (Å²) in [5.74, 6) is 0.295. The average Bonchev–Trinajstić information content (AvgIpc) is 3.19. The third kappa shape index (κ3) is 3.70. The van der Waals surface area contributed by atoms with Crippen molar-refractivity contribution in [3.63, 3.8) is 0 Å². The van der Waals surface area contributed by atoms with Gasteiger partial charge in [0.05, 0.1) is 29.0 Å². The fraction of sp³-hybridized carbons (Fsp3) is 0.467. The molecule has 0 saturated carbocycles. The predicted octanol–water partition coefficient (Wildman–Crippen LogP) is 5.12. The summed E-state index contributed by atoms with van der Waals surface area (Å²) in [4.78, 5) is 21.2. The van der Waals surface area contributed by atoms with E-state index in [9.17, 15) is 9.90 Å². The average molecular weight is 488 g/mol. The minimum Gasteiger partial charge on any atom is -0.490 e. The molecule has 190 valence electrons. The standard InChI is InChI=1S/C30H37N3O3/c1-8-30(35)19(4)36-17-23-24(30)15-26-27-22(16-32(26)28(23)34)20(21-11-9-10-12-25(21)31-27)13-14-33(18(2)3)29(5,6)7/h9-12,15,18,35H,4,8,13-14,16-17H2,1-3,5-7H3/t30-/m1/s1. The smallest absolute Gasteiger partial charge is 0.258 e. The summed E-state index contributed by atoms with van der Waals surface area (Å²) in [6, 6.07) is 10.6. The van der Waals surface area contributed by atoms with Gasteiger partial charge in [-0.05, 0) is 65.2 Å². The number of ether oxygens (including phenoxy) is 1. The van der Waals surface area contributed by atoms with Gasteiger partial charge in [0.25, 0.3) is 5.56 Å². The lowest BCUT2D eigenvalue weighted by atomic mass is 9.84. The molecule has 2 aliphatic heterocycles. The Morgan fingerprint density at radius 2 is 1.97 bits per heavy atom. The quantitative estimate of drug-likeness (QED) is 0.423. The third-order valence-corrected chi connectivity index (χ3v) is 7.97. The maximum Gasteiger partial charge on any atom is 0.258 e. The molecule has 4 heterocycles. The fourth-order valence-electron chi connectivity index (χ4n) is 6.11. The van der Waals surface area contributed by atoms with Crippen LogP contribution in [0, 0.1) is 0 Å². The number of pyridine rings is 2. The molecule has 3 aromatic rings. The Hall–Kier alpha value is -2.96. The van der Waals surface area contributed by atoms with Crippen molar-refractivity contribution in [2.45, 2.75) is 84.7 Å². The molecule has 0 spiro atoms. The summed E-state index contributed by atoms with van der Waals surface area (Å²) >= 11 is 0. The van der Waals surface area contributed by atoms with Crippen molar-refractivity contribution in [1.82, 2.24) is 14.5 Å². The maximum absolute atomic E-state index is 13.7. The third-order valence-electron chi connectivity index (χ3n) is 7.97. The van der Waals surface area contributed by atoms with Gasteiger partial charge >= 0.3 is 0 Å². The van der Waals surface area contributed by atoms with Gasteiger partial charge in [0, 0.05) is 34.6 Å². The van der Waals surface area contributed by atoms with Crippen LogP contribution in [-0.2, 0) is 29.9 Å². The highest BCUT2D eigenvalue weighted by Crippen LogP contribution is 2.42. The molecule has 36 heavy (non-hydrogen) atoms. The van der Waals surface area contributed by atoms with Gasteiger partial charge < -0.3 is 14.4 Å². The van der Waals surface area contributed by atoms with Crippen LogP contribution in [0.15, 0.2) is 47.5 Å². The minimum absolute atomic E-state index is 0.0478. The zero-order chi connectivity index (χ0) is 26.0. The molecule has 1 N–H and O–H groups in total. The van der Waals surface area contributed by atoms with Crippen molar-refractivity contribution in [3.8, 4) is 11.4 Å². The van der Waals surface area contributed by atoms with E-state index < -0.39 is 5.60 Å². The Kier molecular flexibility index (Phi) is 5.88. The highest BCUT2D eigenvalue weighted by Gasteiger charge is 2.41. The van der Waals surface area contributed by atoms with Crippen LogP contribution in [-0.4, -0.2) is 37.7 Å². The summed E-state index contributed by atoms with van der Waals surface area (Å²) in [6.07, 6.45) is 1.24. The summed E-state index contributed by atoms with van der Waals surface area (Å²) in [7, 11) is 0. The molecule has 2 aliphatic rings. The summed E-state index contributed by atoms with van der Waals surface area (Å²) in [5, 5.41) is 12.5. The molecule has 6 nitrogen and oxygen atoms in total. The summed E-state index contributed by atoms with van der Waals surface area (Å²) < 4.78 is 7.46. The minimum atomic E-state index is -1.38. The molecule has 0 radical (unpaired) electrons. The van der Waals surface area contributed by atoms with Crippen LogP contribution >= 0.6 is 0 Å². The van der Waals surface area contributed by atoms with E-state index in [0.717, 1.165) is 40.8 Å². The fourth-order valence-corrected chi connectivity index (χ4v) is 6.11. The van der Waals surface area contributed by atoms with E-state index in [1.165, 1.54) is 5.56 Å². The Morgan fingerprint density at radius 3 is 2.64 bits per heavy atom. The van der Waals surface area contributed by atoms with Crippen molar-refractivity contribution >= 4 is 10.9 Å². The van der Waals surface area contributed by atoms with Gasteiger partial charge in [0.2, 0.25) is 0 Å². The lowest BCUT2D eigenvalue weighted by molar-refractivity contribution is -0.0172. The van der Waals surface area contributed by atoms with Crippen molar-refractivity contribution in [2.24, 2.45) is 0 Å². The first-order chi connectivity index (χ1) is 17.0. The maximum atomic E-state index is 13.7. The van der Waals surface area contributed by atoms with Gasteiger partial charge in [0.15, 0.2) is 0 Å². The van der Waals surface area contributed by atoms with Crippen LogP contribution in [0.1, 0.15) is 70.2 Å². The van der Waals surface area contributed by atoms with Crippen LogP contribution in [0.25, 0.3) is 22.3 Å². The monoisotopic (exact) mass is 487 g/mol. The zero-order valence-corrected chi connectivity index (χ0v) is 22.3. The van der Waals surface area contributed by atoms with Crippen LogP contribution in [0.5, 0.6) is 0 Å². The molecule has 1 aromatic carbocycles. The van der Waals surface area contributed by atoms with E-state index in [2.05, 4.69) is 58.2 Å². The number of hydrogen-bond acceptors (Lipinski definition) is 5. The van der Waals surface area contributed by atoms with Crippen LogP contribution in [0.2, 0.25) is 0 Å². The number of aromatic nitrogens is 2. The summed E-state index contributed by atoms with van der Waals surface area (Å²) in [6.45, 7) is 18.6. The van der Waals surface area contributed by atoms with Gasteiger partial charge in [-0.1, -0.05) is 31.7 Å². The van der Waals surface area contributed by atoms with E-state index >= 15 is 0 Å². The van der Waals surface area contributed by atoms with E-state index in [4.69, 9.17) is 9.72 Å². The predicted molar refractivity (Wildman–Crippen MR) is 144 cm³/mol. The number of para-hydroxylation sites is 1. The Morgan fingerprint density at radius 1 is 1.25 bits per heavy atom. The lowest BCUT2D eigenvalue weighted by Crippen LogP contribution is -2.46. The number of fused-ring (bicyclic) bond motifs is 5. The lowest BCUT2D eigenvalue weighted by Gasteiger charge is -2.39. The molecule has 0 saturated heterocycles. The van der Waals surface area contributed by atoms with Crippen molar-refractivity contribution < 1.29 is 9.84 Å². The molecule has 0 amide bonds. The van der Waals surface area contributed by atoms with E-state index in [0.29, 0.717) is 35.9 Å². The second-order valence-electron chi connectivity index (χ2n) is 11.4. The first-order valence-electron chi connectivity index (χ1n) is 13.0. The van der Waals surface area contributed by atoms with Crippen molar-refractivity contribution in [3.05, 3.63) is 75.3 Å². The molecular weight excluding hydrogens is 450 g/mol. The van der Waals surface area contributed by atoms with Gasteiger partial charge in [0.1, 0.15) is 18.0 Å². The molecule has 0 fully saturated rings. The van der Waals surface area contributed by atoms with Crippen LogP contribution in [0.3, 0.4) is 0 Å². The van der Waals surface area contributed by atoms with Crippen molar-refractivity contribution in [1.29, 1.82) is 0 Å². The molecule has 6 heteroatoms. The highest BCUT2D eigenvalue weighted by atomic mass is 16.5. The molecule has 0 aliphatic carbocycles. The van der Waals surface area contributed by atoms with Crippen LogP contribution < -0.4 is 5.56 Å². The second-order valence-corrected chi connectivity index (χ2v) is 11.4. The number of rotatable bonds is 5. The molecule has 2 aromatic heterocycles. The molecule has 5 rings (SSSR count). The molecule has 1 atom stereocenters. The number of nitrogens with zero attached hydrogens (tertiary/aromatic N) is 3. The largest absolute Gasteiger partial charge is 0.490 e. The summed E-state index contributed by atoms with van der Waals surface area (Å²) in [5.41, 5.74) is 4.53. The van der Waals surface area contributed by atoms with Gasteiger partial charge in [-0.15, -0.1) is 0 Å². The number of aliphatic hydroxyl groups is 1. The van der Waals surface area contributed by atoms with E-state index in [-0.39, 0.29) is 17.7 Å². The van der Waals surface area contributed by atoms with Gasteiger partial charge in [-0.3, -0.25) is 9.69 Å². The van der Waals surface area contributed by atoms with Gasteiger partial charge in [-0.2, -0.15) is 0 Å². The normalized spacial score (nSPS) is 19.0. The molecular formula is C30H37N3O3. The van der Waals surface area contributed by atoms with Crippen LogP contribution in [0.4, 0.5) is 0 Å². The van der Waals surface area contributed by atoms with Gasteiger partial charge in [-0.25, -0.2) is 4.98 Å². The topological polar surface area (TPSA) is 67.6 Å². The molecule has 0 bridgehead atoms. The Labute approximate surface area is 213 Å². The first-order valence-corrected chi connectivity index (χ1v) is 13.0. The first kappa shape index (κ1) is 24.7. The number of hydrogen-bond donors (Lipinski definition) is 1. The zero-order valence-electron chi connectivity index (χ0n) is 22.3. The number of benzene rings is 1. The van der Waals surface area contributed by atoms with E-state index in [1.54, 1.807) is 4.57 Å². The highest BCUT2D eigenvalue weighted by molar-refractivity contribution is 5.88. The second kappa shape index (κ2) is 8.56.